The third-order valence-electron chi connectivity index (χ3n) is 5.70. The lowest BCUT2D eigenvalue weighted by molar-refractivity contribution is 0.311. The van der Waals surface area contributed by atoms with Crippen LogP contribution >= 0.6 is 24.0 Å². The summed E-state index contributed by atoms with van der Waals surface area (Å²) in [5.41, 5.74) is 7.28. The number of anilines is 2. The van der Waals surface area contributed by atoms with Crippen LogP contribution in [-0.4, -0.2) is 54.2 Å². The zero-order valence-corrected chi connectivity index (χ0v) is 18.8. The van der Waals surface area contributed by atoms with Crippen molar-refractivity contribution in [2.75, 3.05) is 49.2 Å². The van der Waals surface area contributed by atoms with E-state index in [0.29, 0.717) is 22.5 Å². The second kappa shape index (κ2) is 11.1. The molecule has 1 heterocycles. The summed E-state index contributed by atoms with van der Waals surface area (Å²) in [6.45, 7) is 3.54. The molecule has 2 fully saturated rings. The van der Waals surface area contributed by atoms with Crippen molar-refractivity contribution < 1.29 is 4.39 Å². The van der Waals surface area contributed by atoms with Gasteiger partial charge in [0, 0.05) is 37.6 Å². The molecule has 0 amide bonds. The Bertz CT molecular complexity index is 711. The van der Waals surface area contributed by atoms with Gasteiger partial charge in [-0.05, 0) is 56.2 Å². The van der Waals surface area contributed by atoms with Crippen LogP contribution in [-0.2, 0) is 0 Å². The number of aliphatic imine (C=N–C) groups is 1. The van der Waals surface area contributed by atoms with Gasteiger partial charge >= 0.3 is 0 Å². The first-order valence-corrected chi connectivity index (χ1v) is 11.9. The lowest BCUT2D eigenvalue weighted by atomic mass is 10.0. The van der Waals surface area contributed by atoms with Crippen molar-refractivity contribution in [3.8, 4) is 0 Å². The molecular formula is C21H32FN5S2. The molecule has 1 aromatic rings. The molecule has 3 N–H and O–H groups in total. The first-order valence-electron chi connectivity index (χ1n) is 10.5. The van der Waals surface area contributed by atoms with Crippen LogP contribution in [0.25, 0.3) is 0 Å². The molecule has 1 aliphatic carbocycles. The van der Waals surface area contributed by atoms with Gasteiger partial charge in [0.2, 0.25) is 0 Å². The fourth-order valence-corrected chi connectivity index (χ4v) is 5.08. The average Bonchev–Trinajstić information content (AvgIpc) is 2.96. The van der Waals surface area contributed by atoms with Crippen molar-refractivity contribution in [2.45, 2.75) is 38.5 Å². The van der Waals surface area contributed by atoms with Crippen LogP contribution in [0.4, 0.5) is 15.8 Å². The lowest BCUT2D eigenvalue weighted by Gasteiger charge is -2.34. The van der Waals surface area contributed by atoms with E-state index in [-0.39, 0.29) is 10.9 Å². The van der Waals surface area contributed by atoms with Gasteiger partial charge in [0.15, 0.2) is 10.3 Å². The molecule has 1 aromatic carbocycles. The van der Waals surface area contributed by atoms with Crippen LogP contribution in [0.2, 0.25) is 0 Å². The molecule has 160 valence electrons. The fourth-order valence-electron chi connectivity index (χ4n) is 3.91. The van der Waals surface area contributed by atoms with E-state index in [0.717, 1.165) is 31.9 Å². The summed E-state index contributed by atoms with van der Waals surface area (Å²) in [6, 6.07) is 5.12. The number of amidine groups is 1. The molecule has 0 bridgehead atoms. The maximum Gasteiger partial charge on any atom is 0.199 e. The highest BCUT2D eigenvalue weighted by molar-refractivity contribution is 8.13. The Hall–Kier alpha value is -1.38. The number of hydrogen-bond donors (Lipinski definition) is 2. The van der Waals surface area contributed by atoms with Crippen molar-refractivity contribution >= 4 is 45.6 Å². The second-order valence-electron chi connectivity index (χ2n) is 8.01. The van der Waals surface area contributed by atoms with E-state index in [1.807, 2.05) is 6.07 Å². The maximum atomic E-state index is 14.6. The Kier molecular flexibility index (Phi) is 8.56. The number of thiocarbonyl (C=S) groups is 1. The quantitative estimate of drug-likeness (QED) is 0.317. The predicted molar refractivity (Wildman–Crippen MR) is 128 cm³/mol. The zero-order valence-electron chi connectivity index (χ0n) is 17.2. The Morgan fingerprint density at radius 3 is 2.55 bits per heavy atom. The number of benzene rings is 1. The molecule has 0 spiro atoms. The highest BCUT2D eigenvalue weighted by atomic mass is 32.2. The number of thioether (sulfide) groups is 1. The summed E-state index contributed by atoms with van der Waals surface area (Å²) in [5.74, 6) is 1.46. The summed E-state index contributed by atoms with van der Waals surface area (Å²) in [4.78, 5) is 8.60. The minimum absolute atomic E-state index is 0.248. The molecule has 2 aliphatic rings. The monoisotopic (exact) mass is 437 g/mol. The minimum atomic E-state index is -0.248. The van der Waals surface area contributed by atoms with Crippen molar-refractivity contribution in [3.63, 3.8) is 0 Å². The van der Waals surface area contributed by atoms with Gasteiger partial charge in [0.1, 0.15) is 5.82 Å². The zero-order chi connectivity index (χ0) is 20.6. The first kappa shape index (κ1) is 22.3. The van der Waals surface area contributed by atoms with E-state index < -0.39 is 0 Å². The molecule has 3 rings (SSSR count). The molecular weight excluding hydrogens is 405 g/mol. The van der Waals surface area contributed by atoms with Crippen LogP contribution in [0.1, 0.15) is 38.5 Å². The van der Waals surface area contributed by atoms with Crippen LogP contribution in [0.15, 0.2) is 23.2 Å². The average molecular weight is 438 g/mol. The molecule has 1 saturated heterocycles. The Balaban J connectivity index is 1.50. The highest BCUT2D eigenvalue weighted by Gasteiger charge is 2.18. The van der Waals surface area contributed by atoms with Crippen molar-refractivity contribution in [1.29, 1.82) is 0 Å². The van der Waals surface area contributed by atoms with Crippen molar-refractivity contribution in [1.82, 2.24) is 4.90 Å². The fraction of sp³-hybridized carbons (Fsp3) is 0.619. The summed E-state index contributed by atoms with van der Waals surface area (Å²) >= 11 is 6.86. The Morgan fingerprint density at radius 1 is 1.21 bits per heavy atom. The second-order valence-corrected chi connectivity index (χ2v) is 9.43. The van der Waals surface area contributed by atoms with Crippen molar-refractivity contribution in [2.24, 2.45) is 16.6 Å². The van der Waals surface area contributed by atoms with Gasteiger partial charge in [-0.1, -0.05) is 37.4 Å². The SMILES string of the molecule is CN1CCN(c2ccc(NC(=S)/N=C(\N)SCC3CCCCCC3)cc2F)CC1. The molecule has 0 atom stereocenters. The number of piperazine rings is 1. The number of rotatable bonds is 4. The molecule has 8 heteroatoms. The summed E-state index contributed by atoms with van der Waals surface area (Å²) in [6.07, 6.45) is 7.89. The number of halogens is 1. The Labute approximate surface area is 183 Å². The number of nitrogens with two attached hydrogens (primary N) is 1. The standard InChI is InChI=1S/C21H32FN5S2/c1-26-10-12-27(13-11-26)19-9-8-17(14-18(19)22)24-21(28)25-20(23)29-15-16-6-4-2-3-5-7-16/h8-9,14,16H,2-7,10-13,15H2,1H3,(H3,23,24,25,28). The van der Waals surface area contributed by atoms with Gasteiger partial charge in [-0.25, -0.2) is 4.39 Å². The van der Waals surface area contributed by atoms with E-state index in [2.05, 4.69) is 27.2 Å². The van der Waals surface area contributed by atoms with Gasteiger partial charge in [0.25, 0.3) is 0 Å². The molecule has 5 nitrogen and oxygen atoms in total. The van der Waals surface area contributed by atoms with Gasteiger partial charge in [0.05, 0.1) is 5.69 Å². The normalized spacial score (nSPS) is 19.8. The van der Waals surface area contributed by atoms with Gasteiger partial charge < -0.3 is 20.9 Å². The van der Waals surface area contributed by atoms with Crippen molar-refractivity contribution in [3.05, 3.63) is 24.0 Å². The van der Waals surface area contributed by atoms with Gasteiger partial charge in [-0.15, -0.1) is 0 Å². The van der Waals surface area contributed by atoms with E-state index in [1.54, 1.807) is 17.8 Å². The summed E-state index contributed by atoms with van der Waals surface area (Å²) in [5, 5.41) is 3.72. The smallest absolute Gasteiger partial charge is 0.199 e. The topological polar surface area (TPSA) is 56.9 Å². The number of nitrogens with zero attached hydrogens (tertiary/aromatic N) is 3. The lowest BCUT2D eigenvalue weighted by Crippen LogP contribution is -2.44. The summed E-state index contributed by atoms with van der Waals surface area (Å²) < 4.78 is 14.6. The van der Waals surface area contributed by atoms with Crippen LogP contribution in [0, 0.1) is 11.7 Å². The Morgan fingerprint density at radius 2 is 1.90 bits per heavy atom. The van der Waals surface area contributed by atoms with Crippen LogP contribution in [0.5, 0.6) is 0 Å². The molecule has 1 aliphatic heterocycles. The van der Waals surface area contributed by atoms with E-state index in [4.69, 9.17) is 18.0 Å². The maximum absolute atomic E-state index is 14.6. The number of likely N-dealkylation sites (N-methyl/N-ethyl adjacent to an activating group) is 1. The molecule has 1 saturated carbocycles. The highest BCUT2D eigenvalue weighted by Crippen LogP contribution is 2.26. The summed E-state index contributed by atoms with van der Waals surface area (Å²) in [7, 11) is 2.09. The van der Waals surface area contributed by atoms with E-state index in [1.165, 1.54) is 44.6 Å². The molecule has 29 heavy (non-hydrogen) atoms. The number of hydrogen-bond acceptors (Lipinski definition) is 4. The molecule has 0 aromatic heterocycles. The third kappa shape index (κ3) is 7.12. The predicted octanol–water partition coefficient (Wildman–Crippen LogP) is 4.29. The number of nitrogens with one attached hydrogen (secondary N) is 1. The molecule has 0 unspecified atom stereocenters. The van der Waals surface area contributed by atoms with Crippen LogP contribution in [0.3, 0.4) is 0 Å². The third-order valence-corrected chi connectivity index (χ3v) is 6.91. The molecule has 0 radical (unpaired) electrons. The van der Waals surface area contributed by atoms with Gasteiger partial charge in [-0.3, -0.25) is 0 Å². The van der Waals surface area contributed by atoms with E-state index >= 15 is 0 Å². The minimum Gasteiger partial charge on any atom is -0.378 e. The van der Waals surface area contributed by atoms with E-state index in [9.17, 15) is 4.39 Å². The van der Waals surface area contributed by atoms with Gasteiger partial charge in [-0.2, -0.15) is 4.99 Å². The first-order chi connectivity index (χ1) is 14.0. The largest absolute Gasteiger partial charge is 0.378 e. The van der Waals surface area contributed by atoms with Crippen LogP contribution < -0.4 is 16.0 Å².